The second-order valence-corrected chi connectivity index (χ2v) is 7.21. The molecule has 0 atom stereocenters. The molecule has 4 rings (SSSR count). The van der Waals surface area contributed by atoms with Crippen molar-refractivity contribution in [2.24, 2.45) is 0 Å². The first-order valence-corrected chi connectivity index (χ1v) is 9.08. The summed E-state index contributed by atoms with van der Waals surface area (Å²) in [6.07, 6.45) is 0.735. The Balaban J connectivity index is 1.89. The number of hydrogen-bond acceptors (Lipinski definition) is 4. The standard InChI is InChI=1S/C21H20ClNO3/c1-4-14-8-19(24)26-20-16(14)9-18(22)21-17(20)10-23(11-25-21)15-6-12(2)5-13(3)7-15/h5-9H,4,10-11H2,1-3H3. The number of anilines is 1. The van der Waals surface area contributed by atoms with Gasteiger partial charge < -0.3 is 14.1 Å². The van der Waals surface area contributed by atoms with E-state index in [1.807, 2.05) is 13.0 Å². The lowest BCUT2D eigenvalue weighted by atomic mass is 10.0. The smallest absolute Gasteiger partial charge is 0.336 e. The molecule has 3 aromatic rings. The third-order valence-corrected chi connectivity index (χ3v) is 5.07. The first kappa shape index (κ1) is 17.0. The Bertz CT molecular complexity index is 1050. The Morgan fingerprint density at radius 1 is 1.12 bits per heavy atom. The minimum atomic E-state index is -0.345. The Morgan fingerprint density at radius 2 is 1.85 bits per heavy atom. The Kier molecular flexibility index (Phi) is 4.16. The quantitative estimate of drug-likeness (QED) is 0.597. The summed E-state index contributed by atoms with van der Waals surface area (Å²) in [7, 11) is 0. The van der Waals surface area contributed by atoms with Gasteiger partial charge in [0.25, 0.3) is 0 Å². The van der Waals surface area contributed by atoms with Gasteiger partial charge in [-0.1, -0.05) is 24.6 Å². The molecule has 4 nitrogen and oxygen atoms in total. The topological polar surface area (TPSA) is 42.7 Å². The van der Waals surface area contributed by atoms with Crippen molar-refractivity contribution in [1.82, 2.24) is 0 Å². The largest absolute Gasteiger partial charge is 0.471 e. The van der Waals surface area contributed by atoms with E-state index in [-0.39, 0.29) is 5.63 Å². The van der Waals surface area contributed by atoms with Gasteiger partial charge in [-0.2, -0.15) is 0 Å². The molecule has 0 spiro atoms. The molecule has 2 heterocycles. The highest BCUT2D eigenvalue weighted by Crippen LogP contribution is 2.40. The predicted molar refractivity (Wildman–Crippen MR) is 104 cm³/mol. The third kappa shape index (κ3) is 2.84. The molecule has 1 aliphatic heterocycles. The molecule has 0 fully saturated rings. The van der Waals surface area contributed by atoms with Crippen molar-refractivity contribution in [3.63, 3.8) is 0 Å². The first-order chi connectivity index (χ1) is 12.5. The Labute approximate surface area is 156 Å². The van der Waals surface area contributed by atoms with E-state index in [0.717, 1.165) is 28.6 Å². The minimum Gasteiger partial charge on any atom is -0.471 e. The van der Waals surface area contributed by atoms with Crippen LogP contribution in [0.25, 0.3) is 11.0 Å². The molecule has 0 radical (unpaired) electrons. The molecule has 1 aliphatic rings. The number of halogens is 1. The van der Waals surface area contributed by atoms with Crippen molar-refractivity contribution in [2.75, 3.05) is 11.6 Å². The van der Waals surface area contributed by atoms with Crippen molar-refractivity contribution in [3.8, 4) is 5.75 Å². The van der Waals surface area contributed by atoms with Gasteiger partial charge in [-0.25, -0.2) is 4.79 Å². The Hall–Kier alpha value is -2.46. The maximum Gasteiger partial charge on any atom is 0.336 e. The molecule has 26 heavy (non-hydrogen) atoms. The lowest BCUT2D eigenvalue weighted by Gasteiger charge is -2.32. The molecule has 0 unspecified atom stereocenters. The average Bonchev–Trinajstić information content (AvgIpc) is 2.61. The highest BCUT2D eigenvalue weighted by Gasteiger charge is 2.25. The van der Waals surface area contributed by atoms with Crippen LogP contribution in [0.2, 0.25) is 5.02 Å². The maximum absolute atomic E-state index is 12.0. The van der Waals surface area contributed by atoms with Crippen LogP contribution in [-0.4, -0.2) is 6.73 Å². The highest BCUT2D eigenvalue weighted by molar-refractivity contribution is 6.33. The van der Waals surface area contributed by atoms with Gasteiger partial charge in [0, 0.05) is 17.1 Å². The van der Waals surface area contributed by atoms with Gasteiger partial charge in [-0.05, 0) is 55.2 Å². The van der Waals surface area contributed by atoms with E-state index in [0.29, 0.717) is 29.6 Å². The molecular formula is C21H20ClNO3. The van der Waals surface area contributed by atoms with E-state index in [9.17, 15) is 4.79 Å². The summed E-state index contributed by atoms with van der Waals surface area (Å²) < 4.78 is 11.5. The molecule has 5 heteroatoms. The Morgan fingerprint density at radius 3 is 2.54 bits per heavy atom. The van der Waals surface area contributed by atoms with Crippen molar-refractivity contribution in [1.29, 1.82) is 0 Å². The van der Waals surface area contributed by atoms with Gasteiger partial charge in [0.1, 0.15) is 11.3 Å². The van der Waals surface area contributed by atoms with Gasteiger partial charge in [0.2, 0.25) is 0 Å². The zero-order chi connectivity index (χ0) is 18.4. The summed E-state index contributed by atoms with van der Waals surface area (Å²) in [5, 5.41) is 1.43. The summed E-state index contributed by atoms with van der Waals surface area (Å²) in [4.78, 5) is 14.1. The summed E-state index contributed by atoms with van der Waals surface area (Å²) in [5.41, 5.74) is 5.46. The highest BCUT2D eigenvalue weighted by atomic mass is 35.5. The number of aryl methyl sites for hydroxylation is 3. The van der Waals surface area contributed by atoms with Crippen LogP contribution >= 0.6 is 11.6 Å². The maximum atomic E-state index is 12.0. The molecule has 0 saturated carbocycles. The monoisotopic (exact) mass is 369 g/mol. The van der Waals surface area contributed by atoms with E-state index < -0.39 is 0 Å². The van der Waals surface area contributed by atoms with Gasteiger partial charge in [-0.15, -0.1) is 0 Å². The van der Waals surface area contributed by atoms with E-state index in [1.165, 1.54) is 17.2 Å². The number of hydrogen-bond donors (Lipinski definition) is 0. The minimum absolute atomic E-state index is 0.345. The lowest BCUT2D eigenvalue weighted by molar-refractivity contribution is 0.289. The third-order valence-electron chi connectivity index (χ3n) is 4.79. The molecular weight excluding hydrogens is 350 g/mol. The average molecular weight is 370 g/mol. The van der Waals surface area contributed by atoms with Crippen molar-refractivity contribution >= 4 is 28.3 Å². The number of benzene rings is 2. The molecule has 134 valence electrons. The molecule has 0 N–H and O–H groups in total. The van der Waals surface area contributed by atoms with Gasteiger partial charge in [0.05, 0.1) is 17.1 Å². The molecule has 0 amide bonds. The summed E-state index contributed by atoms with van der Waals surface area (Å²) in [5.74, 6) is 0.608. The lowest BCUT2D eigenvalue weighted by Crippen LogP contribution is -2.32. The van der Waals surface area contributed by atoms with Crippen LogP contribution in [0.4, 0.5) is 5.69 Å². The number of rotatable bonds is 2. The molecule has 2 aromatic carbocycles. The fourth-order valence-electron chi connectivity index (χ4n) is 3.64. The molecule has 0 saturated heterocycles. The zero-order valence-electron chi connectivity index (χ0n) is 15.1. The van der Waals surface area contributed by atoms with Crippen LogP contribution in [-0.2, 0) is 13.0 Å². The molecule has 0 bridgehead atoms. The summed E-state index contributed by atoms with van der Waals surface area (Å²) >= 11 is 6.47. The van der Waals surface area contributed by atoms with Crippen molar-refractivity contribution < 1.29 is 9.15 Å². The zero-order valence-corrected chi connectivity index (χ0v) is 15.8. The van der Waals surface area contributed by atoms with Crippen LogP contribution in [0, 0.1) is 13.8 Å². The van der Waals surface area contributed by atoms with E-state index in [4.69, 9.17) is 20.8 Å². The van der Waals surface area contributed by atoms with Crippen LogP contribution in [0.5, 0.6) is 5.75 Å². The number of ether oxygens (including phenoxy) is 1. The summed E-state index contributed by atoms with van der Waals surface area (Å²) in [6.45, 7) is 7.15. The number of nitrogens with zero attached hydrogens (tertiary/aromatic N) is 1. The van der Waals surface area contributed by atoms with E-state index in [1.54, 1.807) is 0 Å². The first-order valence-electron chi connectivity index (χ1n) is 8.70. The second kappa shape index (κ2) is 6.36. The SMILES string of the molecule is CCc1cc(=O)oc2c3c(c(Cl)cc12)OCN(c1cc(C)cc(C)c1)C3. The molecule has 1 aromatic heterocycles. The number of fused-ring (bicyclic) bond motifs is 3. The fraction of sp³-hybridized carbons (Fsp3) is 0.286. The van der Waals surface area contributed by atoms with Crippen LogP contribution < -0.4 is 15.3 Å². The van der Waals surface area contributed by atoms with Gasteiger partial charge >= 0.3 is 5.63 Å². The second-order valence-electron chi connectivity index (χ2n) is 6.80. The van der Waals surface area contributed by atoms with Crippen LogP contribution in [0.3, 0.4) is 0 Å². The fourth-order valence-corrected chi connectivity index (χ4v) is 3.92. The molecule has 0 aliphatic carbocycles. The van der Waals surface area contributed by atoms with Gasteiger partial charge in [-0.3, -0.25) is 0 Å². The predicted octanol–water partition coefficient (Wildman–Crippen LogP) is 4.98. The van der Waals surface area contributed by atoms with Crippen LogP contribution in [0.15, 0.2) is 39.5 Å². The van der Waals surface area contributed by atoms with Crippen molar-refractivity contribution in [3.05, 3.63) is 68.0 Å². The van der Waals surface area contributed by atoms with Gasteiger partial charge in [0.15, 0.2) is 6.73 Å². The van der Waals surface area contributed by atoms with Crippen molar-refractivity contribution in [2.45, 2.75) is 33.7 Å². The van der Waals surface area contributed by atoms with E-state index in [2.05, 4.69) is 36.9 Å². The van der Waals surface area contributed by atoms with E-state index >= 15 is 0 Å². The van der Waals surface area contributed by atoms with Crippen LogP contribution in [0.1, 0.15) is 29.2 Å². The summed E-state index contributed by atoms with van der Waals surface area (Å²) in [6, 6.07) is 9.77. The normalized spacial score (nSPS) is 13.6.